The Morgan fingerprint density at radius 3 is 2.61 bits per heavy atom. The first kappa shape index (κ1) is 20.7. The minimum atomic E-state index is -0.277. The molecule has 0 saturated heterocycles. The molecule has 0 amide bonds. The third-order valence-corrected chi connectivity index (χ3v) is 5.10. The van der Waals surface area contributed by atoms with Crippen molar-refractivity contribution >= 4 is 17.1 Å². The maximum absolute atomic E-state index is 14.5. The Morgan fingerprint density at radius 1 is 1.00 bits per heavy atom. The predicted molar refractivity (Wildman–Crippen MR) is 123 cm³/mol. The zero-order valence-corrected chi connectivity index (χ0v) is 17.7. The summed E-state index contributed by atoms with van der Waals surface area (Å²) in [5, 5.41) is 0. The SMILES string of the molecule is C/C=C/c1ccc(OCCCn2c(-c3ccccc3F)nc3ccccc32)c(OC)c1. The summed E-state index contributed by atoms with van der Waals surface area (Å²) in [6, 6.07) is 20.5. The smallest absolute Gasteiger partial charge is 0.161 e. The van der Waals surface area contributed by atoms with Crippen LogP contribution in [0.4, 0.5) is 4.39 Å². The van der Waals surface area contributed by atoms with Crippen molar-refractivity contribution in [3.63, 3.8) is 0 Å². The Kier molecular flexibility index (Phi) is 6.32. The summed E-state index contributed by atoms with van der Waals surface area (Å²) in [5.41, 5.74) is 3.39. The molecular weight excluding hydrogens is 391 g/mol. The van der Waals surface area contributed by atoms with Gasteiger partial charge in [0, 0.05) is 6.54 Å². The first-order valence-corrected chi connectivity index (χ1v) is 10.3. The average molecular weight is 416 g/mol. The van der Waals surface area contributed by atoms with E-state index in [0.29, 0.717) is 36.0 Å². The van der Waals surface area contributed by atoms with Gasteiger partial charge in [-0.05, 0) is 55.3 Å². The number of allylic oxidation sites excluding steroid dienone is 1. The number of hydrogen-bond acceptors (Lipinski definition) is 3. The fraction of sp³-hybridized carbons (Fsp3) is 0.192. The van der Waals surface area contributed by atoms with Crippen LogP contribution in [0.1, 0.15) is 18.9 Å². The van der Waals surface area contributed by atoms with Gasteiger partial charge in [0.2, 0.25) is 0 Å². The zero-order valence-electron chi connectivity index (χ0n) is 17.7. The molecule has 0 N–H and O–H groups in total. The van der Waals surface area contributed by atoms with Gasteiger partial charge in [-0.15, -0.1) is 0 Å². The molecule has 0 bridgehead atoms. The second-order valence-electron chi connectivity index (χ2n) is 7.17. The Hall–Kier alpha value is -3.60. The van der Waals surface area contributed by atoms with E-state index in [4.69, 9.17) is 14.5 Å². The Bertz CT molecular complexity index is 1210. The number of para-hydroxylation sites is 2. The monoisotopic (exact) mass is 416 g/mol. The number of nitrogens with zero attached hydrogens (tertiary/aromatic N) is 2. The number of aryl methyl sites for hydroxylation is 1. The van der Waals surface area contributed by atoms with Gasteiger partial charge in [-0.25, -0.2) is 9.37 Å². The van der Waals surface area contributed by atoms with Crippen molar-refractivity contribution in [3.05, 3.63) is 84.2 Å². The van der Waals surface area contributed by atoms with Crippen LogP contribution in [0, 0.1) is 5.82 Å². The molecule has 0 atom stereocenters. The van der Waals surface area contributed by atoms with Crippen LogP contribution in [-0.4, -0.2) is 23.3 Å². The Labute approximate surface area is 181 Å². The second kappa shape index (κ2) is 9.47. The molecule has 4 nitrogen and oxygen atoms in total. The molecule has 0 radical (unpaired) electrons. The topological polar surface area (TPSA) is 36.3 Å². The van der Waals surface area contributed by atoms with Gasteiger partial charge in [-0.1, -0.05) is 42.5 Å². The van der Waals surface area contributed by atoms with Gasteiger partial charge >= 0.3 is 0 Å². The molecule has 0 spiro atoms. The number of aromatic nitrogens is 2. The second-order valence-corrected chi connectivity index (χ2v) is 7.17. The highest BCUT2D eigenvalue weighted by atomic mass is 19.1. The largest absolute Gasteiger partial charge is 0.493 e. The van der Waals surface area contributed by atoms with Gasteiger partial charge in [-0.3, -0.25) is 0 Å². The summed E-state index contributed by atoms with van der Waals surface area (Å²) < 4.78 is 28.0. The lowest BCUT2D eigenvalue weighted by molar-refractivity contribution is 0.283. The van der Waals surface area contributed by atoms with Crippen LogP contribution in [0.25, 0.3) is 28.5 Å². The van der Waals surface area contributed by atoms with Crippen LogP contribution in [0.2, 0.25) is 0 Å². The number of ether oxygens (including phenoxy) is 2. The van der Waals surface area contributed by atoms with Gasteiger partial charge < -0.3 is 14.0 Å². The van der Waals surface area contributed by atoms with E-state index in [1.807, 2.05) is 67.6 Å². The summed E-state index contributed by atoms with van der Waals surface area (Å²) in [4.78, 5) is 4.69. The summed E-state index contributed by atoms with van der Waals surface area (Å²) in [5.74, 6) is 1.77. The van der Waals surface area contributed by atoms with Crippen molar-refractivity contribution in [2.75, 3.05) is 13.7 Å². The minimum absolute atomic E-state index is 0.277. The van der Waals surface area contributed by atoms with Gasteiger partial charge in [0.1, 0.15) is 11.6 Å². The van der Waals surface area contributed by atoms with Crippen molar-refractivity contribution in [2.45, 2.75) is 19.9 Å². The Morgan fingerprint density at radius 2 is 1.81 bits per heavy atom. The molecule has 0 saturated carbocycles. The minimum Gasteiger partial charge on any atom is -0.493 e. The summed E-state index contributed by atoms with van der Waals surface area (Å²) in [7, 11) is 1.64. The van der Waals surface area contributed by atoms with Crippen molar-refractivity contribution in [3.8, 4) is 22.9 Å². The summed E-state index contributed by atoms with van der Waals surface area (Å²) >= 11 is 0. The molecule has 0 unspecified atom stereocenters. The molecule has 31 heavy (non-hydrogen) atoms. The van der Waals surface area contributed by atoms with Crippen LogP contribution in [-0.2, 0) is 6.54 Å². The molecule has 1 aromatic heterocycles. The molecule has 0 aliphatic carbocycles. The first-order chi connectivity index (χ1) is 15.2. The van der Waals surface area contributed by atoms with Crippen molar-refractivity contribution < 1.29 is 13.9 Å². The lowest BCUT2D eigenvalue weighted by atomic mass is 10.2. The average Bonchev–Trinajstić information content (AvgIpc) is 3.16. The normalized spacial score (nSPS) is 11.3. The lowest BCUT2D eigenvalue weighted by Crippen LogP contribution is -2.07. The number of methoxy groups -OCH3 is 1. The Balaban J connectivity index is 1.52. The third kappa shape index (κ3) is 4.45. The number of benzene rings is 3. The summed E-state index contributed by atoms with van der Waals surface area (Å²) in [6.07, 6.45) is 4.74. The molecular formula is C26H25FN2O2. The van der Waals surface area contributed by atoms with Crippen LogP contribution in [0.5, 0.6) is 11.5 Å². The van der Waals surface area contributed by atoms with Gasteiger partial charge in [0.25, 0.3) is 0 Å². The molecule has 5 heteroatoms. The highest BCUT2D eigenvalue weighted by molar-refractivity contribution is 5.80. The fourth-order valence-corrected chi connectivity index (χ4v) is 3.65. The first-order valence-electron chi connectivity index (χ1n) is 10.3. The standard InChI is InChI=1S/C26H25FN2O2/c1-3-9-19-14-15-24(25(18-19)30-2)31-17-8-16-29-23-13-7-6-12-22(23)28-26(29)20-10-4-5-11-21(20)27/h3-7,9-15,18H,8,16-17H2,1-2H3/b9-3+. The van der Waals surface area contributed by atoms with Gasteiger partial charge in [0.15, 0.2) is 11.5 Å². The van der Waals surface area contributed by atoms with E-state index in [0.717, 1.165) is 23.0 Å². The van der Waals surface area contributed by atoms with Gasteiger partial charge in [0.05, 0.1) is 30.3 Å². The van der Waals surface area contributed by atoms with Gasteiger partial charge in [-0.2, -0.15) is 0 Å². The molecule has 4 rings (SSSR count). The molecule has 158 valence electrons. The number of fused-ring (bicyclic) bond motifs is 1. The maximum atomic E-state index is 14.5. The number of imidazole rings is 1. The van der Waals surface area contributed by atoms with E-state index in [1.165, 1.54) is 6.07 Å². The van der Waals surface area contributed by atoms with E-state index in [9.17, 15) is 4.39 Å². The van der Waals surface area contributed by atoms with E-state index < -0.39 is 0 Å². The number of hydrogen-bond donors (Lipinski definition) is 0. The number of halogens is 1. The van der Waals surface area contributed by atoms with Crippen molar-refractivity contribution in [1.29, 1.82) is 0 Å². The molecule has 0 aliphatic heterocycles. The molecule has 3 aromatic carbocycles. The zero-order chi connectivity index (χ0) is 21.6. The molecule has 0 fully saturated rings. The molecule has 4 aromatic rings. The van der Waals surface area contributed by atoms with Crippen molar-refractivity contribution in [1.82, 2.24) is 9.55 Å². The van der Waals surface area contributed by atoms with Crippen LogP contribution < -0.4 is 9.47 Å². The lowest BCUT2D eigenvalue weighted by Gasteiger charge is -2.13. The predicted octanol–water partition coefficient (Wildman–Crippen LogP) is 6.35. The van der Waals surface area contributed by atoms with E-state index in [1.54, 1.807) is 19.2 Å². The summed E-state index contributed by atoms with van der Waals surface area (Å²) in [6.45, 7) is 3.14. The van der Waals surface area contributed by atoms with E-state index >= 15 is 0 Å². The highest BCUT2D eigenvalue weighted by Crippen LogP contribution is 2.30. The highest BCUT2D eigenvalue weighted by Gasteiger charge is 2.15. The third-order valence-electron chi connectivity index (χ3n) is 5.10. The van der Waals surface area contributed by atoms with E-state index in [2.05, 4.69) is 4.57 Å². The quantitative estimate of drug-likeness (QED) is 0.314. The number of rotatable bonds is 8. The van der Waals surface area contributed by atoms with E-state index in [-0.39, 0.29) is 5.82 Å². The maximum Gasteiger partial charge on any atom is 0.161 e. The van der Waals surface area contributed by atoms with Crippen LogP contribution in [0.15, 0.2) is 72.8 Å². The molecule has 1 heterocycles. The molecule has 0 aliphatic rings. The van der Waals surface area contributed by atoms with Crippen molar-refractivity contribution in [2.24, 2.45) is 0 Å². The van der Waals surface area contributed by atoms with Crippen LogP contribution >= 0.6 is 0 Å². The van der Waals surface area contributed by atoms with Crippen LogP contribution in [0.3, 0.4) is 0 Å². The fourth-order valence-electron chi connectivity index (χ4n) is 3.65.